The van der Waals surface area contributed by atoms with E-state index in [1.165, 1.54) is 18.3 Å². The quantitative estimate of drug-likeness (QED) is 0.739. The van der Waals surface area contributed by atoms with Gasteiger partial charge in [-0.3, -0.25) is 4.57 Å². The maximum Gasteiger partial charge on any atom is 0.416 e. The van der Waals surface area contributed by atoms with E-state index < -0.39 is 18.3 Å². The van der Waals surface area contributed by atoms with Crippen LogP contribution in [-0.2, 0) is 17.7 Å². The minimum absolute atomic E-state index is 0.0174. The number of anilines is 1. The minimum Gasteiger partial charge on any atom is -0.365 e. The van der Waals surface area contributed by atoms with E-state index in [4.69, 9.17) is 4.74 Å². The molecule has 0 radical (unpaired) electrons. The van der Waals surface area contributed by atoms with E-state index in [1.807, 2.05) is 12.3 Å². The highest BCUT2D eigenvalue weighted by Crippen LogP contribution is 2.32. The highest BCUT2D eigenvalue weighted by atomic mass is 32.1. The summed E-state index contributed by atoms with van der Waals surface area (Å²) in [6.07, 6.45) is -4.13. The van der Waals surface area contributed by atoms with E-state index in [0.29, 0.717) is 31.3 Å². The maximum atomic E-state index is 13.2. The predicted octanol–water partition coefficient (Wildman–Crippen LogP) is 2.98. The molecule has 0 aromatic carbocycles. The smallest absolute Gasteiger partial charge is 0.365 e. The van der Waals surface area contributed by atoms with E-state index >= 15 is 0 Å². The Morgan fingerprint density at radius 1 is 1.42 bits per heavy atom. The predicted molar refractivity (Wildman–Crippen MR) is 92.5 cm³/mol. The molecular formula is C16H20F3N5OS. The van der Waals surface area contributed by atoms with E-state index in [-0.39, 0.29) is 6.61 Å². The normalized spacial score (nSPS) is 21.2. The van der Waals surface area contributed by atoms with E-state index in [2.05, 4.69) is 21.8 Å². The molecule has 2 aromatic heterocycles. The van der Waals surface area contributed by atoms with Crippen LogP contribution in [0, 0.1) is 6.92 Å². The first-order valence-corrected chi connectivity index (χ1v) is 9.08. The van der Waals surface area contributed by atoms with Crippen LogP contribution in [0.25, 0.3) is 0 Å². The van der Waals surface area contributed by atoms with Crippen molar-refractivity contribution in [2.45, 2.75) is 45.1 Å². The molecule has 142 valence electrons. The molecule has 10 heteroatoms. The summed E-state index contributed by atoms with van der Waals surface area (Å²) in [4.78, 5) is 6.02. The number of aryl methyl sites for hydroxylation is 1. The average Bonchev–Trinajstić information content (AvgIpc) is 3.14. The van der Waals surface area contributed by atoms with Crippen molar-refractivity contribution in [1.82, 2.24) is 19.7 Å². The van der Waals surface area contributed by atoms with Gasteiger partial charge < -0.3 is 9.64 Å². The van der Waals surface area contributed by atoms with Crippen molar-refractivity contribution in [3.8, 4) is 0 Å². The zero-order valence-electron chi connectivity index (χ0n) is 14.5. The van der Waals surface area contributed by atoms with Gasteiger partial charge in [-0.05, 0) is 13.8 Å². The lowest BCUT2D eigenvalue weighted by Gasteiger charge is -2.40. The maximum absolute atomic E-state index is 13.2. The molecule has 0 N–H and O–H groups in total. The van der Waals surface area contributed by atoms with E-state index in [0.717, 1.165) is 10.7 Å². The number of aromatic nitrogens is 4. The number of halogens is 3. The third kappa shape index (κ3) is 3.75. The first-order valence-electron chi connectivity index (χ1n) is 8.20. The molecule has 1 fully saturated rings. The van der Waals surface area contributed by atoms with Crippen molar-refractivity contribution >= 4 is 17.3 Å². The highest BCUT2D eigenvalue weighted by Gasteiger charge is 2.48. The van der Waals surface area contributed by atoms with Gasteiger partial charge in [0, 0.05) is 24.2 Å². The van der Waals surface area contributed by atoms with Crippen molar-refractivity contribution in [1.29, 1.82) is 0 Å². The van der Waals surface area contributed by atoms with Gasteiger partial charge in [0.25, 0.3) is 0 Å². The molecule has 2 atom stereocenters. The van der Waals surface area contributed by atoms with Crippen LogP contribution in [0.4, 0.5) is 19.1 Å². The molecule has 3 heterocycles. The minimum atomic E-state index is -4.43. The molecule has 2 unspecified atom stereocenters. The van der Waals surface area contributed by atoms with Crippen molar-refractivity contribution in [2.75, 3.05) is 18.1 Å². The third-order valence-corrected chi connectivity index (χ3v) is 5.20. The summed E-state index contributed by atoms with van der Waals surface area (Å²) in [5, 5.41) is 11.2. The molecule has 6 nitrogen and oxygen atoms in total. The standard InChI is InChI=1S/C16H20F3N5OS/c1-4-5-24-12(8-13-20-10(2)9-26-13)21-22-15(24)23-6-7-25-14(11(23)3)16(17,18)19/h4,9,11,14H,1,5-8H2,2-3H3. The lowest BCUT2D eigenvalue weighted by Crippen LogP contribution is -2.56. The summed E-state index contributed by atoms with van der Waals surface area (Å²) < 4.78 is 46.4. The van der Waals surface area contributed by atoms with Gasteiger partial charge in [-0.25, -0.2) is 4.98 Å². The van der Waals surface area contributed by atoms with Gasteiger partial charge >= 0.3 is 6.18 Å². The van der Waals surface area contributed by atoms with Gasteiger partial charge in [-0.2, -0.15) is 13.2 Å². The van der Waals surface area contributed by atoms with Crippen LogP contribution < -0.4 is 4.90 Å². The number of hydrogen-bond donors (Lipinski definition) is 0. The molecule has 0 amide bonds. The Morgan fingerprint density at radius 3 is 2.81 bits per heavy atom. The van der Waals surface area contributed by atoms with Gasteiger partial charge in [-0.15, -0.1) is 28.1 Å². The summed E-state index contributed by atoms with van der Waals surface area (Å²) in [6, 6.07) is -0.897. The summed E-state index contributed by atoms with van der Waals surface area (Å²) in [5.41, 5.74) is 0.926. The molecule has 0 aliphatic carbocycles. The topological polar surface area (TPSA) is 56.1 Å². The number of allylic oxidation sites excluding steroid dienone is 1. The van der Waals surface area contributed by atoms with Crippen molar-refractivity contribution in [2.24, 2.45) is 0 Å². The lowest BCUT2D eigenvalue weighted by molar-refractivity contribution is -0.231. The molecule has 2 aromatic rings. The molecule has 1 saturated heterocycles. The van der Waals surface area contributed by atoms with Gasteiger partial charge in [0.15, 0.2) is 6.10 Å². The summed E-state index contributed by atoms with van der Waals surface area (Å²) >= 11 is 1.52. The molecule has 3 rings (SSSR count). The number of hydrogen-bond acceptors (Lipinski definition) is 6. The van der Waals surface area contributed by atoms with Gasteiger partial charge in [-0.1, -0.05) is 6.08 Å². The van der Waals surface area contributed by atoms with Crippen LogP contribution in [0.3, 0.4) is 0 Å². The second-order valence-electron chi connectivity index (χ2n) is 6.14. The van der Waals surface area contributed by atoms with Gasteiger partial charge in [0.05, 0.1) is 19.1 Å². The summed E-state index contributed by atoms with van der Waals surface area (Å²) in [6.45, 7) is 7.85. The number of nitrogens with zero attached hydrogens (tertiary/aromatic N) is 5. The molecule has 1 aliphatic heterocycles. The van der Waals surface area contributed by atoms with Crippen LogP contribution in [0.1, 0.15) is 23.4 Å². The first-order chi connectivity index (χ1) is 12.3. The lowest BCUT2D eigenvalue weighted by atomic mass is 10.1. The monoisotopic (exact) mass is 387 g/mol. The van der Waals surface area contributed by atoms with Crippen LogP contribution in [0.15, 0.2) is 18.0 Å². The molecule has 0 saturated carbocycles. The summed E-state index contributed by atoms with van der Waals surface area (Å²) in [7, 11) is 0. The van der Waals surface area contributed by atoms with Crippen molar-refractivity contribution in [3.05, 3.63) is 34.6 Å². The number of morpholine rings is 1. The molecule has 0 bridgehead atoms. The third-order valence-electron chi connectivity index (χ3n) is 4.23. The fourth-order valence-corrected chi connectivity index (χ4v) is 3.81. The second kappa shape index (κ2) is 7.36. The Hall–Kier alpha value is -1.94. The van der Waals surface area contributed by atoms with Gasteiger partial charge in [0.1, 0.15) is 10.8 Å². The van der Waals surface area contributed by atoms with Crippen LogP contribution in [0.2, 0.25) is 0 Å². The Labute approximate surface area is 153 Å². The van der Waals surface area contributed by atoms with E-state index in [1.54, 1.807) is 15.5 Å². The number of ether oxygens (including phenoxy) is 1. The van der Waals surface area contributed by atoms with Gasteiger partial charge in [0.2, 0.25) is 5.95 Å². The zero-order chi connectivity index (χ0) is 18.9. The van der Waals surface area contributed by atoms with E-state index in [9.17, 15) is 13.2 Å². The average molecular weight is 387 g/mol. The van der Waals surface area contributed by atoms with Crippen LogP contribution >= 0.6 is 11.3 Å². The number of alkyl halides is 3. The Morgan fingerprint density at radius 2 is 2.19 bits per heavy atom. The highest BCUT2D eigenvalue weighted by molar-refractivity contribution is 7.09. The van der Waals surface area contributed by atoms with Crippen molar-refractivity contribution in [3.63, 3.8) is 0 Å². The molecule has 0 spiro atoms. The number of thiazole rings is 1. The molecular weight excluding hydrogens is 367 g/mol. The SMILES string of the molecule is C=CCn1c(Cc2nc(C)cs2)nnc1N1CCOC(C(F)(F)F)C1C. The van der Waals surface area contributed by atoms with Crippen molar-refractivity contribution < 1.29 is 17.9 Å². The second-order valence-corrected chi connectivity index (χ2v) is 7.08. The van der Waals surface area contributed by atoms with Crippen LogP contribution in [-0.4, -0.2) is 51.2 Å². The fourth-order valence-electron chi connectivity index (χ4n) is 3.04. The summed E-state index contributed by atoms with van der Waals surface area (Å²) in [5.74, 6) is 1.05. The zero-order valence-corrected chi connectivity index (χ0v) is 15.3. The first kappa shape index (κ1) is 18.8. The Bertz CT molecular complexity index is 772. The molecule has 26 heavy (non-hydrogen) atoms. The van der Waals surface area contributed by atoms with Crippen LogP contribution in [0.5, 0.6) is 0 Å². The Balaban J connectivity index is 1.90. The fraction of sp³-hybridized carbons (Fsp3) is 0.562. The largest absolute Gasteiger partial charge is 0.416 e. The number of rotatable bonds is 5. The Kier molecular flexibility index (Phi) is 5.33. The molecule has 1 aliphatic rings.